The molecule has 25 nitrogen and oxygen atoms in total. The molecule has 0 saturated heterocycles. The second kappa shape index (κ2) is 25.4. The lowest BCUT2D eigenvalue weighted by molar-refractivity contribution is -0.144. The number of aliphatic imine (C=N–C) groups is 1. The lowest BCUT2D eigenvalue weighted by Gasteiger charge is -2.21. The number of nitrogens with one attached hydrogen (secondary N) is 9. The van der Waals surface area contributed by atoms with Gasteiger partial charge < -0.3 is 64.0 Å². The van der Waals surface area contributed by atoms with Crippen LogP contribution in [0.2, 0.25) is 0 Å². The Bertz CT molecular complexity index is 1580. The van der Waals surface area contributed by atoms with Crippen LogP contribution in [0, 0.1) is 6.92 Å². The summed E-state index contributed by atoms with van der Waals surface area (Å²) >= 11 is 0. The van der Waals surface area contributed by atoms with E-state index in [9.17, 15) is 43.2 Å². The molecule has 306 valence electrons. The van der Waals surface area contributed by atoms with Crippen molar-refractivity contribution in [2.75, 3.05) is 44.6 Å². The second-order valence-corrected chi connectivity index (χ2v) is 11.7. The molecule has 3 atom stereocenters. The zero-order valence-electron chi connectivity index (χ0n) is 30.1. The van der Waals surface area contributed by atoms with Gasteiger partial charge in [0, 0.05) is 31.4 Å². The highest BCUT2D eigenvalue weighted by atomic mass is 16.4. The highest BCUT2D eigenvalue weighted by molar-refractivity contribution is 5.95. The molecule has 0 aliphatic rings. The Morgan fingerprint density at radius 2 is 1.38 bits per heavy atom. The number of aryl methyl sites for hydroxylation is 1. The molecule has 1 rings (SSSR count). The quantitative estimate of drug-likeness (QED) is 0.0251. The Kier molecular flexibility index (Phi) is 21.5. The van der Waals surface area contributed by atoms with E-state index < -0.39 is 97.4 Å². The molecule has 0 aromatic carbocycles. The number of carboxylic acid groups (broad SMARTS) is 2. The molecule has 0 fully saturated rings. The van der Waals surface area contributed by atoms with Gasteiger partial charge in [0.15, 0.2) is 5.96 Å². The first-order chi connectivity index (χ1) is 26.0. The molecule has 0 unspecified atom stereocenters. The Morgan fingerprint density at radius 1 is 0.782 bits per heavy atom. The molecule has 8 amide bonds. The first kappa shape index (κ1) is 46.5. The number of unbranched alkanes of at least 4 members (excludes halogenated alkanes) is 3. The number of hydrogen-bond acceptors (Lipinski definition) is 12. The van der Waals surface area contributed by atoms with Crippen molar-refractivity contribution in [3.8, 4) is 0 Å². The van der Waals surface area contributed by atoms with Gasteiger partial charge >= 0.3 is 24.0 Å². The topological polar surface area (TPSA) is 404 Å². The van der Waals surface area contributed by atoms with Gasteiger partial charge in [-0.2, -0.15) is 0 Å². The van der Waals surface area contributed by atoms with E-state index in [1.807, 2.05) is 5.32 Å². The van der Waals surface area contributed by atoms with Gasteiger partial charge in [0.1, 0.15) is 18.1 Å². The van der Waals surface area contributed by atoms with Gasteiger partial charge in [0.2, 0.25) is 29.6 Å². The maximum Gasteiger partial charge on any atom is 0.328 e. The van der Waals surface area contributed by atoms with Gasteiger partial charge in [0.25, 0.3) is 5.56 Å². The van der Waals surface area contributed by atoms with Crippen LogP contribution < -0.4 is 59.6 Å². The van der Waals surface area contributed by atoms with Gasteiger partial charge in [0.05, 0.1) is 26.1 Å². The number of nitrogens with zero attached hydrogens (tertiary/aromatic N) is 2. The second-order valence-electron chi connectivity index (χ2n) is 11.7. The zero-order valence-corrected chi connectivity index (χ0v) is 30.1. The van der Waals surface area contributed by atoms with Crippen molar-refractivity contribution in [2.45, 2.75) is 70.0 Å². The van der Waals surface area contributed by atoms with E-state index in [-0.39, 0.29) is 37.8 Å². The number of aromatic nitrogens is 2. The number of amides is 8. The fourth-order valence-electron chi connectivity index (χ4n) is 4.42. The molecule has 1 heterocycles. The number of aliphatic hydroxyl groups excluding tert-OH is 1. The minimum atomic E-state index is -1.77. The predicted molar refractivity (Wildman–Crippen MR) is 192 cm³/mol. The molecule has 16 N–H and O–H groups in total. The minimum absolute atomic E-state index is 0.0189. The monoisotopic (exact) mass is 783 g/mol. The Morgan fingerprint density at radius 3 is 1.95 bits per heavy atom. The molecule has 0 bridgehead atoms. The molecule has 1 aromatic heterocycles. The van der Waals surface area contributed by atoms with Crippen LogP contribution in [0.5, 0.6) is 0 Å². The van der Waals surface area contributed by atoms with Crippen LogP contribution in [0.4, 0.5) is 15.5 Å². The van der Waals surface area contributed by atoms with Crippen molar-refractivity contribution in [3.05, 3.63) is 22.1 Å². The highest BCUT2D eigenvalue weighted by Gasteiger charge is 2.28. The number of carboxylic acids is 2. The summed E-state index contributed by atoms with van der Waals surface area (Å²) in [6, 6.07) is -4.67. The number of urea groups is 2. The van der Waals surface area contributed by atoms with Crippen molar-refractivity contribution < 1.29 is 53.7 Å². The third kappa shape index (κ3) is 21.6. The highest BCUT2D eigenvalue weighted by Crippen LogP contribution is 2.01. The number of anilines is 1. The molecule has 55 heavy (non-hydrogen) atoms. The van der Waals surface area contributed by atoms with Gasteiger partial charge in [-0.05, 0) is 32.6 Å². The predicted octanol–water partition coefficient (Wildman–Crippen LogP) is -4.76. The fraction of sp³-hybridized carbons (Fsp3) is 0.567. The Labute approximate surface area is 313 Å². The van der Waals surface area contributed by atoms with Crippen molar-refractivity contribution in [2.24, 2.45) is 16.5 Å². The van der Waals surface area contributed by atoms with Crippen LogP contribution in [0.1, 0.15) is 50.6 Å². The smallest absolute Gasteiger partial charge is 0.328 e. The van der Waals surface area contributed by atoms with Crippen LogP contribution >= 0.6 is 0 Å². The molecular formula is C30H49N13O12. The zero-order chi connectivity index (χ0) is 41.3. The van der Waals surface area contributed by atoms with Crippen molar-refractivity contribution in [1.82, 2.24) is 47.2 Å². The first-order valence-electron chi connectivity index (χ1n) is 16.9. The normalized spacial score (nSPS) is 12.0. The Hall–Kier alpha value is -6.53. The number of guanidine groups is 1. The number of rotatable bonds is 25. The van der Waals surface area contributed by atoms with Crippen LogP contribution in [0.25, 0.3) is 0 Å². The number of carbonyl (C=O) groups excluding carboxylic acids is 6. The SMILES string of the molecule is Cc1cc(=O)[nH]c(NC(=O)NCCCCCCNC(=O)NCC(=O)N[C@@H](CCCN=C(N)N)C(=O)NCC(=O)N[C@@H](CC(=O)O)C(=O)N[C@@H](CO)C(=O)O)n1. The maximum absolute atomic E-state index is 12.9. The van der Waals surface area contributed by atoms with Crippen LogP contribution in [0.3, 0.4) is 0 Å². The summed E-state index contributed by atoms with van der Waals surface area (Å²) in [4.78, 5) is 118. The largest absolute Gasteiger partial charge is 0.481 e. The van der Waals surface area contributed by atoms with E-state index in [1.165, 1.54) is 6.07 Å². The number of nitrogens with two attached hydrogens (primary N) is 2. The summed E-state index contributed by atoms with van der Waals surface area (Å²) < 4.78 is 0. The molecule has 0 aliphatic heterocycles. The van der Waals surface area contributed by atoms with Crippen molar-refractivity contribution >= 4 is 59.5 Å². The van der Waals surface area contributed by atoms with E-state index in [0.717, 1.165) is 6.42 Å². The van der Waals surface area contributed by atoms with Gasteiger partial charge in [-0.15, -0.1) is 0 Å². The molecule has 25 heteroatoms. The maximum atomic E-state index is 12.9. The fourth-order valence-corrected chi connectivity index (χ4v) is 4.42. The summed E-state index contributed by atoms with van der Waals surface area (Å²) in [5.41, 5.74) is 10.7. The third-order valence-electron chi connectivity index (χ3n) is 7.03. The van der Waals surface area contributed by atoms with E-state index >= 15 is 0 Å². The first-order valence-corrected chi connectivity index (χ1v) is 16.9. The molecular weight excluding hydrogens is 734 g/mol. The van der Waals surface area contributed by atoms with E-state index in [2.05, 4.69) is 52.2 Å². The van der Waals surface area contributed by atoms with Gasteiger partial charge in [-0.25, -0.2) is 19.4 Å². The molecule has 0 radical (unpaired) electrons. The summed E-state index contributed by atoms with van der Waals surface area (Å²) in [5, 5.41) is 45.8. The summed E-state index contributed by atoms with van der Waals surface area (Å²) in [7, 11) is 0. The van der Waals surface area contributed by atoms with Crippen molar-refractivity contribution in [3.63, 3.8) is 0 Å². The van der Waals surface area contributed by atoms with Gasteiger partial charge in [-0.1, -0.05) is 12.8 Å². The average Bonchev–Trinajstić information content (AvgIpc) is 3.09. The van der Waals surface area contributed by atoms with E-state index in [1.54, 1.807) is 6.92 Å². The van der Waals surface area contributed by atoms with Crippen LogP contribution in [-0.4, -0.2) is 136 Å². The summed E-state index contributed by atoms with van der Waals surface area (Å²) in [5.74, 6) is -7.18. The summed E-state index contributed by atoms with van der Waals surface area (Å²) in [6.07, 6.45) is 1.92. The minimum Gasteiger partial charge on any atom is -0.481 e. The van der Waals surface area contributed by atoms with Gasteiger partial charge in [-0.3, -0.25) is 44.1 Å². The van der Waals surface area contributed by atoms with E-state index in [0.29, 0.717) is 31.5 Å². The van der Waals surface area contributed by atoms with Crippen LogP contribution in [-0.2, 0) is 28.8 Å². The van der Waals surface area contributed by atoms with Crippen molar-refractivity contribution in [1.29, 1.82) is 0 Å². The lowest BCUT2D eigenvalue weighted by Crippen LogP contribution is -2.55. The Balaban J connectivity index is 2.51. The number of aliphatic hydroxyl groups is 1. The average molecular weight is 784 g/mol. The summed E-state index contributed by atoms with van der Waals surface area (Å²) in [6.45, 7) is 0.0237. The number of carbonyl (C=O) groups is 8. The number of aliphatic carboxylic acids is 2. The number of H-pyrrole nitrogens is 1. The van der Waals surface area contributed by atoms with Crippen LogP contribution in [0.15, 0.2) is 15.9 Å². The molecule has 0 spiro atoms. The third-order valence-corrected chi connectivity index (χ3v) is 7.03. The standard InChI is InChI=1S/C30H49N13O12/c1-16-11-20(45)42-28(38-16)43-30(55)35-9-5-3-2-4-8-34-29(54)37-14-22(47)39-17(7-6-10-33-27(31)32)24(50)36-13-21(46)40-18(12-23(48)49)25(51)41-19(15-44)26(52)53/h11,17-19,44H,2-10,12-15H2,1H3,(H,36,50)(H,39,47)(H,40,46)(H,41,51)(H,48,49)(H,52,53)(H4,31,32,33)(H2,34,37,54)(H3,35,38,42,43,45,55)/t17-,18-,19-/m0/s1. The molecule has 1 aromatic rings. The number of hydrogen-bond donors (Lipinski definition) is 14. The van der Waals surface area contributed by atoms with E-state index in [4.69, 9.17) is 26.8 Å². The number of aromatic amines is 1. The lowest BCUT2D eigenvalue weighted by atomic mass is 10.1. The molecule has 0 saturated carbocycles. The molecule has 0 aliphatic carbocycles.